The molecule has 1 saturated heterocycles. The minimum atomic E-state index is -0.682. The smallest absolute Gasteiger partial charge is 0.325 e. The highest BCUT2D eigenvalue weighted by Gasteiger charge is 2.51. The number of hydrogen-bond acceptors (Lipinski definition) is 7. The quantitative estimate of drug-likeness (QED) is 0.385. The topological polar surface area (TPSA) is 124 Å². The van der Waals surface area contributed by atoms with Gasteiger partial charge in [0.15, 0.2) is 0 Å². The van der Waals surface area contributed by atoms with Crippen molar-refractivity contribution in [1.29, 1.82) is 0 Å². The molecule has 4 amide bonds. The van der Waals surface area contributed by atoms with Crippen LogP contribution in [0.5, 0.6) is 0 Å². The molecule has 2 aliphatic carbocycles. The minimum Gasteiger partial charge on any atom is -0.355 e. The predicted molar refractivity (Wildman–Crippen MR) is 127 cm³/mol. The first-order valence-electron chi connectivity index (χ1n) is 11.5. The number of amides is 4. The van der Waals surface area contributed by atoms with Crippen LogP contribution < -0.4 is 16.2 Å². The molecular formula is C22H27N5O4S2. The zero-order chi connectivity index (χ0) is 23.0. The van der Waals surface area contributed by atoms with Gasteiger partial charge in [0.1, 0.15) is 16.2 Å². The van der Waals surface area contributed by atoms with Crippen LogP contribution in [0.15, 0.2) is 4.79 Å². The van der Waals surface area contributed by atoms with Gasteiger partial charge in [0.2, 0.25) is 5.91 Å². The van der Waals surface area contributed by atoms with Gasteiger partial charge in [-0.15, -0.1) is 23.1 Å². The molecule has 3 heterocycles. The lowest BCUT2D eigenvalue weighted by Crippen LogP contribution is -2.44. The lowest BCUT2D eigenvalue weighted by atomic mass is 9.98. The summed E-state index contributed by atoms with van der Waals surface area (Å²) in [5.41, 5.74) is 0.395. The number of carbonyl (C=O) groups is 3. The number of aromatic nitrogens is 2. The normalized spacial score (nSPS) is 19.0. The number of nitrogens with zero attached hydrogens (tertiary/aromatic N) is 2. The summed E-state index contributed by atoms with van der Waals surface area (Å²) in [4.78, 5) is 60.2. The van der Waals surface area contributed by atoms with E-state index in [9.17, 15) is 19.2 Å². The van der Waals surface area contributed by atoms with E-state index in [0.29, 0.717) is 43.9 Å². The van der Waals surface area contributed by atoms with Gasteiger partial charge in [-0.1, -0.05) is 12.8 Å². The minimum absolute atomic E-state index is 0.0840. The van der Waals surface area contributed by atoms with Gasteiger partial charge in [-0.3, -0.25) is 19.3 Å². The van der Waals surface area contributed by atoms with Crippen molar-refractivity contribution in [3.05, 3.63) is 26.6 Å². The molecule has 2 aromatic heterocycles. The first kappa shape index (κ1) is 22.4. The first-order chi connectivity index (χ1) is 16.0. The van der Waals surface area contributed by atoms with E-state index in [1.54, 1.807) is 11.3 Å². The van der Waals surface area contributed by atoms with Gasteiger partial charge in [-0.05, 0) is 44.1 Å². The number of thioether (sulfide) groups is 1. The third-order valence-electron chi connectivity index (χ3n) is 6.68. The summed E-state index contributed by atoms with van der Waals surface area (Å²) >= 11 is 3.00. The average molecular weight is 490 g/mol. The first-order valence-corrected chi connectivity index (χ1v) is 13.5. The Kier molecular flexibility index (Phi) is 6.17. The summed E-state index contributed by atoms with van der Waals surface area (Å²) in [6, 6.07) is -0.321. The molecule has 2 aromatic rings. The zero-order valence-corrected chi connectivity index (χ0v) is 20.0. The Balaban J connectivity index is 1.05. The van der Waals surface area contributed by atoms with Crippen LogP contribution in [-0.4, -0.2) is 57.1 Å². The van der Waals surface area contributed by atoms with E-state index in [-0.39, 0.29) is 29.2 Å². The van der Waals surface area contributed by atoms with Crippen molar-refractivity contribution in [2.24, 2.45) is 0 Å². The molecule has 33 heavy (non-hydrogen) atoms. The summed E-state index contributed by atoms with van der Waals surface area (Å²) in [6.45, 7) is 0.695. The molecule has 3 N–H and O–H groups in total. The van der Waals surface area contributed by atoms with Gasteiger partial charge in [-0.25, -0.2) is 9.78 Å². The molecule has 0 unspecified atom stereocenters. The number of carbonyl (C=O) groups excluding carboxylic acids is 3. The summed E-state index contributed by atoms with van der Waals surface area (Å²) in [7, 11) is 0. The van der Waals surface area contributed by atoms with Crippen LogP contribution in [0.25, 0.3) is 10.2 Å². The van der Waals surface area contributed by atoms with Crippen molar-refractivity contribution in [3.8, 4) is 0 Å². The Bertz CT molecular complexity index is 1170. The largest absolute Gasteiger partial charge is 0.355 e. The molecule has 0 aromatic carbocycles. The fourth-order valence-corrected chi connectivity index (χ4v) is 7.07. The molecule has 176 valence electrons. The van der Waals surface area contributed by atoms with Crippen LogP contribution in [0.3, 0.4) is 0 Å². The average Bonchev–Trinajstić information content (AvgIpc) is 3.53. The highest BCUT2D eigenvalue weighted by molar-refractivity contribution is 7.99. The van der Waals surface area contributed by atoms with Crippen molar-refractivity contribution in [2.45, 2.75) is 62.7 Å². The van der Waals surface area contributed by atoms with Crippen LogP contribution in [-0.2, 0) is 28.2 Å². The van der Waals surface area contributed by atoms with Crippen molar-refractivity contribution in [1.82, 2.24) is 25.5 Å². The second kappa shape index (κ2) is 9.09. The number of nitrogens with one attached hydrogen (secondary N) is 3. The summed E-state index contributed by atoms with van der Waals surface area (Å²) in [5.74, 6) is 1.04. The van der Waals surface area contributed by atoms with Crippen LogP contribution in [0, 0.1) is 0 Å². The van der Waals surface area contributed by atoms with Gasteiger partial charge in [0.25, 0.3) is 11.5 Å². The van der Waals surface area contributed by atoms with Crippen molar-refractivity contribution >= 4 is 51.2 Å². The van der Waals surface area contributed by atoms with Gasteiger partial charge in [0, 0.05) is 18.0 Å². The molecular weight excluding hydrogens is 462 g/mol. The van der Waals surface area contributed by atoms with Gasteiger partial charge >= 0.3 is 6.03 Å². The Morgan fingerprint density at radius 1 is 1.18 bits per heavy atom. The van der Waals surface area contributed by atoms with Gasteiger partial charge < -0.3 is 15.6 Å². The van der Waals surface area contributed by atoms with E-state index in [0.717, 1.165) is 47.9 Å². The number of imide groups is 1. The van der Waals surface area contributed by atoms with Crippen molar-refractivity contribution in [2.75, 3.05) is 18.8 Å². The standard InChI is InChI=1S/C22H27N5O4S2/c28-16(23-9-4-10-27-20(30)22(26-21(27)31)7-1-2-8-22)12-32-11-15-24-18(29)17-13-5-3-6-14(13)33-19(17)25-15/h1-12H2,(H,23,28)(H,26,31)(H,24,25,29). The molecule has 11 heteroatoms. The number of H-pyrrole nitrogens is 1. The highest BCUT2D eigenvalue weighted by Crippen LogP contribution is 2.35. The Hall–Kier alpha value is -2.40. The van der Waals surface area contributed by atoms with Crippen LogP contribution in [0.1, 0.15) is 54.8 Å². The third kappa shape index (κ3) is 4.28. The molecule has 2 fully saturated rings. The zero-order valence-electron chi connectivity index (χ0n) is 18.3. The van der Waals surface area contributed by atoms with Crippen LogP contribution in [0.4, 0.5) is 4.79 Å². The fourth-order valence-electron chi connectivity index (χ4n) is 5.07. The molecule has 1 aliphatic heterocycles. The van der Waals surface area contributed by atoms with E-state index < -0.39 is 5.54 Å². The maximum Gasteiger partial charge on any atom is 0.325 e. The summed E-state index contributed by atoms with van der Waals surface area (Å²) in [5, 5.41) is 6.43. The van der Waals surface area contributed by atoms with Gasteiger partial charge in [0.05, 0.1) is 16.9 Å². The summed E-state index contributed by atoms with van der Waals surface area (Å²) in [6.07, 6.45) is 6.93. The van der Waals surface area contributed by atoms with E-state index in [4.69, 9.17) is 0 Å². The number of aromatic amines is 1. The Morgan fingerprint density at radius 3 is 2.82 bits per heavy atom. The lowest BCUT2D eigenvalue weighted by molar-refractivity contribution is -0.131. The molecule has 0 bridgehead atoms. The lowest BCUT2D eigenvalue weighted by Gasteiger charge is -2.20. The maximum absolute atomic E-state index is 12.6. The fraction of sp³-hybridized carbons (Fsp3) is 0.591. The molecule has 1 spiro atoms. The molecule has 5 rings (SSSR count). The number of fused-ring (bicyclic) bond motifs is 3. The molecule has 1 saturated carbocycles. The Labute approximate surface area is 199 Å². The molecule has 0 atom stereocenters. The highest BCUT2D eigenvalue weighted by atomic mass is 32.2. The molecule has 9 nitrogen and oxygen atoms in total. The number of urea groups is 1. The number of hydrogen-bond donors (Lipinski definition) is 3. The van der Waals surface area contributed by atoms with Crippen molar-refractivity contribution < 1.29 is 14.4 Å². The predicted octanol–water partition coefficient (Wildman–Crippen LogP) is 2.08. The van der Waals surface area contributed by atoms with Gasteiger partial charge in [-0.2, -0.15) is 0 Å². The second-order valence-electron chi connectivity index (χ2n) is 8.92. The Morgan fingerprint density at radius 2 is 2.00 bits per heavy atom. The van der Waals surface area contributed by atoms with E-state index in [2.05, 4.69) is 20.6 Å². The monoisotopic (exact) mass is 489 g/mol. The number of rotatable bonds is 8. The van der Waals surface area contributed by atoms with Crippen molar-refractivity contribution in [3.63, 3.8) is 0 Å². The van der Waals surface area contributed by atoms with E-state index in [1.165, 1.54) is 21.5 Å². The third-order valence-corrected chi connectivity index (χ3v) is 8.81. The second-order valence-corrected chi connectivity index (χ2v) is 11.0. The van der Waals surface area contributed by atoms with E-state index in [1.807, 2.05) is 0 Å². The SMILES string of the molecule is O=C(CSCc1nc2sc3c(c2c(=O)[nH]1)CCC3)NCCCN1C(=O)NC2(CCCC2)C1=O. The molecule has 3 aliphatic rings. The number of aryl methyl sites for hydroxylation is 2. The number of thiophene rings is 1. The van der Waals surface area contributed by atoms with Crippen LogP contribution in [0.2, 0.25) is 0 Å². The summed E-state index contributed by atoms with van der Waals surface area (Å²) < 4.78 is 0. The van der Waals surface area contributed by atoms with E-state index >= 15 is 0 Å². The van der Waals surface area contributed by atoms with Crippen LogP contribution >= 0.6 is 23.1 Å². The maximum atomic E-state index is 12.6. The molecule has 0 radical (unpaired) electrons.